The van der Waals surface area contributed by atoms with Crippen LogP contribution in [0, 0.1) is 0 Å². The fraction of sp³-hybridized carbons (Fsp3) is 0.788. The van der Waals surface area contributed by atoms with Gasteiger partial charge in [0.05, 0.1) is 0 Å². The lowest BCUT2D eigenvalue weighted by Crippen LogP contribution is -2.21. The molecule has 3 nitrogen and oxygen atoms in total. The second-order valence-corrected chi connectivity index (χ2v) is 12.8. The molecule has 0 heterocycles. The van der Waals surface area contributed by atoms with Crippen LogP contribution in [0.2, 0.25) is 0 Å². The summed E-state index contributed by atoms with van der Waals surface area (Å²) in [5, 5.41) is 11.3. The van der Waals surface area contributed by atoms with Crippen molar-refractivity contribution in [2.45, 2.75) is 169 Å². The van der Waals surface area contributed by atoms with Crippen molar-refractivity contribution in [3.8, 4) is 11.5 Å². The molecule has 0 unspecified atom stereocenters. The summed E-state index contributed by atoms with van der Waals surface area (Å²) in [5.74, 6) is 0.790. The Labute approximate surface area is 223 Å². The molecule has 0 aromatic heterocycles. The molecule has 208 valence electrons. The second-order valence-electron chi connectivity index (χ2n) is 12.8. The van der Waals surface area contributed by atoms with Crippen molar-refractivity contribution in [2.75, 3.05) is 0 Å². The molecule has 0 spiro atoms. The van der Waals surface area contributed by atoms with E-state index in [9.17, 15) is 9.90 Å². The van der Waals surface area contributed by atoms with Crippen LogP contribution in [0.15, 0.2) is 6.07 Å². The zero-order chi connectivity index (χ0) is 27.2. The van der Waals surface area contributed by atoms with E-state index in [-0.39, 0.29) is 16.8 Å². The molecule has 0 aliphatic carbocycles. The Kier molecular flexibility index (Phi) is 14.8. The third kappa shape index (κ3) is 11.7. The Bertz CT molecular complexity index is 765. The molecule has 1 aromatic rings. The highest BCUT2D eigenvalue weighted by Gasteiger charge is 2.31. The van der Waals surface area contributed by atoms with Gasteiger partial charge in [0.15, 0.2) is 0 Å². The van der Waals surface area contributed by atoms with Crippen molar-refractivity contribution in [1.29, 1.82) is 0 Å². The molecule has 0 radical (unpaired) electrons. The minimum atomic E-state index is -0.246. The lowest BCUT2D eigenvalue weighted by molar-refractivity contribution is -0.134. The first-order valence-corrected chi connectivity index (χ1v) is 15.0. The number of unbranched alkanes of at least 4 members (excludes halogenated alkanes) is 13. The lowest BCUT2D eigenvalue weighted by Gasteiger charge is -2.31. The summed E-state index contributed by atoms with van der Waals surface area (Å²) in [6.07, 6.45) is 19.8. The van der Waals surface area contributed by atoms with Crippen molar-refractivity contribution < 1.29 is 14.6 Å². The molecule has 0 aliphatic heterocycles. The Morgan fingerprint density at radius 1 is 0.722 bits per heavy atom. The van der Waals surface area contributed by atoms with Crippen molar-refractivity contribution >= 4 is 5.97 Å². The topological polar surface area (TPSA) is 46.5 Å². The van der Waals surface area contributed by atoms with Crippen LogP contribution in [0.25, 0.3) is 0 Å². The highest BCUT2D eigenvalue weighted by Crippen LogP contribution is 2.45. The first kappa shape index (κ1) is 32.5. The summed E-state index contributed by atoms with van der Waals surface area (Å²) in [5.41, 5.74) is 2.29. The third-order valence-electron chi connectivity index (χ3n) is 7.22. The van der Waals surface area contributed by atoms with E-state index in [1.807, 2.05) is 13.0 Å². The number of phenolic OH excluding ortho intramolecular Hbond substituents is 1. The quantitative estimate of drug-likeness (QED) is 0.131. The van der Waals surface area contributed by atoms with Crippen molar-refractivity contribution in [3.63, 3.8) is 0 Å². The fourth-order valence-corrected chi connectivity index (χ4v) is 5.10. The number of ether oxygens (including phenoxy) is 1. The number of rotatable bonds is 17. The van der Waals surface area contributed by atoms with Gasteiger partial charge < -0.3 is 9.84 Å². The van der Waals surface area contributed by atoms with Crippen LogP contribution in [0.3, 0.4) is 0 Å². The first-order valence-electron chi connectivity index (χ1n) is 15.0. The van der Waals surface area contributed by atoms with Crippen LogP contribution in [0.4, 0.5) is 0 Å². The molecule has 3 heteroatoms. The zero-order valence-electron chi connectivity index (χ0n) is 25.2. The van der Waals surface area contributed by atoms with Crippen molar-refractivity contribution in [2.24, 2.45) is 0 Å². The Morgan fingerprint density at radius 2 is 1.17 bits per heavy atom. The van der Waals surface area contributed by atoms with Gasteiger partial charge in [0.1, 0.15) is 11.5 Å². The van der Waals surface area contributed by atoms with E-state index in [2.05, 4.69) is 48.5 Å². The minimum absolute atomic E-state index is 0.220. The predicted molar refractivity (Wildman–Crippen MR) is 155 cm³/mol. The predicted octanol–water partition coefficient (Wildman–Crippen LogP) is 10.3. The fourth-order valence-electron chi connectivity index (χ4n) is 5.10. The van der Waals surface area contributed by atoms with Gasteiger partial charge >= 0.3 is 5.97 Å². The normalized spacial score (nSPS) is 12.2. The molecule has 1 rings (SSSR count). The maximum atomic E-state index is 12.3. The summed E-state index contributed by atoms with van der Waals surface area (Å²) in [6.45, 7) is 16.8. The molecule has 0 aliphatic rings. The van der Waals surface area contributed by atoms with Gasteiger partial charge in [-0.3, -0.25) is 4.79 Å². The highest BCUT2D eigenvalue weighted by atomic mass is 16.5. The van der Waals surface area contributed by atoms with Crippen LogP contribution in [0.1, 0.15) is 168 Å². The molecular formula is C33H58O3. The van der Waals surface area contributed by atoms with Crippen LogP contribution < -0.4 is 4.74 Å². The van der Waals surface area contributed by atoms with Gasteiger partial charge in [-0.15, -0.1) is 0 Å². The molecule has 0 fully saturated rings. The van der Waals surface area contributed by atoms with Gasteiger partial charge in [0, 0.05) is 23.1 Å². The van der Waals surface area contributed by atoms with Crippen LogP contribution in [-0.2, 0) is 22.0 Å². The summed E-state index contributed by atoms with van der Waals surface area (Å²) in [7, 11) is 0. The van der Waals surface area contributed by atoms with E-state index >= 15 is 0 Å². The Hall–Kier alpha value is -1.51. The highest BCUT2D eigenvalue weighted by molar-refractivity contribution is 5.73. The number of phenols is 1. The molecule has 1 aromatic carbocycles. The largest absolute Gasteiger partial charge is 0.507 e. The van der Waals surface area contributed by atoms with Gasteiger partial charge in [-0.05, 0) is 29.7 Å². The van der Waals surface area contributed by atoms with E-state index in [1.165, 1.54) is 83.5 Å². The molecule has 1 N–H and O–H groups in total. The Morgan fingerprint density at radius 3 is 1.56 bits per heavy atom. The number of hydrogen-bond acceptors (Lipinski definition) is 3. The number of hydrogen-bond donors (Lipinski definition) is 1. The summed E-state index contributed by atoms with van der Waals surface area (Å²) in [4.78, 5) is 12.3. The van der Waals surface area contributed by atoms with Crippen LogP contribution >= 0.6 is 0 Å². The summed E-state index contributed by atoms with van der Waals surface area (Å²) < 4.78 is 5.84. The second kappa shape index (κ2) is 16.4. The average Bonchev–Trinajstić information content (AvgIpc) is 2.78. The van der Waals surface area contributed by atoms with E-state index < -0.39 is 0 Å². The van der Waals surface area contributed by atoms with Crippen molar-refractivity contribution in [3.05, 3.63) is 22.8 Å². The third-order valence-corrected chi connectivity index (χ3v) is 7.22. The number of carbonyl (C=O) groups is 1. The molecule has 0 bridgehead atoms. The molecule has 0 atom stereocenters. The standard InChI is InChI=1S/C33H58O3/c1-9-11-12-13-14-15-16-17-18-19-20-21-22-23-24-26-28(36-29(34)10-2)25-27(32(3,4)5)31(35)30(26)33(6,7)8/h25,35H,9-24H2,1-8H3. The molecule has 36 heavy (non-hydrogen) atoms. The van der Waals surface area contributed by atoms with Gasteiger partial charge in [0.2, 0.25) is 0 Å². The van der Waals surface area contributed by atoms with Gasteiger partial charge in [0.25, 0.3) is 0 Å². The van der Waals surface area contributed by atoms with Gasteiger partial charge in [-0.2, -0.15) is 0 Å². The summed E-state index contributed by atoms with van der Waals surface area (Å²) in [6, 6.07) is 1.91. The lowest BCUT2D eigenvalue weighted by atomic mass is 9.76. The first-order chi connectivity index (χ1) is 16.9. The molecule has 0 saturated heterocycles. The smallest absolute Gasteiger partial charge is 0.310 e. The number of benzene rings is 1. The summed E-state index contributed by atoms with van der Waals surface area (Å²) >= 11 is 0. The average molecular weight is 503 g/mol. The van der Waals surface area contributed by atoms with E-state index in [1.54, 1.807) is 0 Å². The van der Waals surface area contributed by atoms with E-state index in [0.717, 1.165) is 29.5 Å². The molecular weight excluding hydrogens is 444 g/mol. The van der Waals surface area contributed by atoms with Crippen LogP contribution in [-0.4, -0.2) is 11.1 Å². The van der Waals surface area contributed by atoms with Crippen molar-refractivity contribution in [1.82, 2.24) is 0 Å². The number of aromatic hydroxyl groups is 1. The number of esters is 1. The Balaban J connectivity index is 2.66. The minimum Gasteiger partial charge on any atom is -0.507 e. The molecule has 0 amide bonds. The van der Waals surface area contributed by atoms with Gasteiger partial charge in [-0.1, -0.05) is 139 Å². The van der Waals surface area contributed by atoms with E-state index in [0.29, 0.717) is 17.9 Å². The number of carbonyl (C=O) groups excluding carboxylic acids is 1. The maximum Gasteiger partial charge on any atom is 0.310 e. The maximum absolute atomic E-state index is 12.3. The SMILES string of the molecule is CCCCCCCCCCCCCCCCc1c(OC(=O)CC)cc(C(C)(C)C)c(O)c1C(C)(C)C. The van der Waals surface area contributed by atoms with Gasteiger partial charge in [-0.25, -0.2) is 0 Å². The van der Waals surface area contributed by atoms with E-state index in [4.69, 9.17) is 4.74 Å². The van der Waals surface area contributed by atoms with Crippen LogP contribution in [0.5, 0.6) is 11.5 Å². The zero-order valence-corrected chi connectivity index (χ0v) is 25.2. The molecule has 0 saturated carbocycles. The monoisotopic (exact) mass is 502 g/mol.